The van der Waals surface area contributed by atoms with Crippen molar-refractivity contribution in [3.8, 4) is 11.5 Å². The summed E-state index contributed by atoms with van der Waals surface area (Å²) in [6.07, 6.45) is 0. The number of ether oxygens (including phenoxy) is 2. The fraction of sp³-hybridized carbons (Fsp3) is 0.250. The first-order valence-corrected chi connectivity index (χ1v) is 8.85. The molecule has 0 fully saturated rings. The molecule has 122 valence electrons. The third-order valence-electron chi connectivity index (χ3n) is 3.69. The Hall–Kier alpha value is -1.92. The summed E-state index contributed by atoms with van der Waals surface area (Å²) in [7, 11) is -2.38. The van der Waals surface area contributed by atoms with E-state index in [9.17, 15) is 8.42 Å². The average Bonchev–Trinajstić information content (AvgIpc) is 2.54. The highest BCUT2D eigenvalue weighted by atomic mass is 35.5. The van der Waals surface area contributed by atoms with E-state index in [1.807, 2.05) is 13.0 Å². The SMILES string of the molecule is COc1ccc(Cl)cc1S(=O)(=O)N1CCOc2c(C)cccc21. The molecule has 2 aromatic rings. The summed E-state index contributed by atoms with van der Waals surface area (Å²) >= 11 is 5.98. The number of methoxy groups -OCH3 is 1. The summed E-state index contributed by atoms with van der Waals surface area (Å²) in [6.45, 7) is 2.41. The number of hydrogen-bond acceptors (Lipinski definition) is 4. The van der Waals surface area contributed by atoms with E-state index in [1.54, 1.807) is 24.3 Å². The summed E-state index contributed by atoms with van der Waals surface area (Å²) in [5.74, 6) is 0.846. The first-order valence-electron chi connectivity index (χ1n) is 7.04. The zero-order valence-electron chi connectivity index (χ0n) is 12.7. The lowest BCUT2D eigenvalue weighted by Crippen LogP contribution is -2.38. The molecule has 0 N–H and O–H groups in total. The van der Waals surface area contributed by atoms with Gasteiger partial charge in [0.05, 0.1) is 19.3 Å². The summed E-state index contributed by atoms with van der Waals surface area (Å²) in [6, 6.07) is 9.97. The molecule has 1 aliphatic rings. The second-order valence-electron chi connectivity index (χ2n) is 5.14. The summed E-state index contributed by atoms with van der Waals surface area (Å²) in [5, 5.41) is 0.335. The van der Waals surface area contributed by atoms with E-state index in [4.69, 9.17) is 21.1 Å². The number of benzene rings is 2. The molecule has 0 radical (unpaired) electrons. The molecule has 0 bridgehead atoms. The van der Waals surface area contributed by atoms with Gasteiger partial charge in [0.1, 0.15) is 23.0 Å². The molecule has 0 amide bonds. The third-order valence-corrected chi connectivity index (χ3v) is 5.76. The minimum atomic E-state index is -3.81. The van der Waals surface area contributed by atoms with Gasteiger partial charge in [-0.1, -0.05) is 23.7 Å². The first kappa shape index (κ1) is 16.0. The molecule has 0 aliphatic carbocycles. The van der Waals surface area contributed by atoms with E-state index >= 15 is 0 Å². The molecule has 1 heterocycles. The molecule has 3 rings (SSSR count). The topological polar surface area (TPSA) is 55.8 Å². The minimum Gasteiger partial charge on any atom is -0.495 e. The van der Waals surface area contributed by atoms with Gasteiger partial charge in [0.2, 0.25) is 0 Å². The van der Waals surface area contributed by atoms with Crippen molar-refractivity contribution < 1.29 is 17.9 Å². The van der Waals surface area contributed by atoms with Crippen molar-refractivity contribution in [1.82, 2.24) is 0 Å². The number of nitrogens with zero attached hydrogens (tertiary/aromatic N) is 1. The zero-order valence-corrected chi connectivity index (χ0v) is 14.3. The largest absolute Gasteiger partial charge is 0.495 e. The second-order valence-corrected chi connectivity index (χ2v) is 7.41. The van der Waals surface area contributed by atoms with Crippen molar-refractivity contribution in [1.29, 1.82) is 0 Å². The van der Waals surface area contributed by atoms with Crippen LogP contribution in [0.1, 0.15) is 5.56 Å². The third kappa shape index (κ3) is 2.72. The molecule has 0 atom stereocenters. The fourth-order valence-corrected chi connectivity index (χ4v) is 4.47. The maximum atomic E-state index is 13.1. The van der Waals surface area contributed by atoms with Gasteiger partial charge in [0.15, 0.2) is 0 Å². The van der Waals surface area contributed by atoms with Gasteiger partial charge in [-0.2, -0.15) is 0 Å². The molecule has 7 heteroatoms. The van der Waals surface area contributed by atoms with Crippen LogP contribution in [0.5, 0.6) is 11.5 Å². The lowest BCUT2D eigenvalue weighted by Gasteiger charge is -2.31. The highest BCUT2D eigenvalue weighted by Gasteiger charge is 2.33. The molecule has 23 heavy (non-hydrogen) atoms. The van der Waals surface area contributed by atoms with Crippen LogP contribution < -0.4 is 13.8 Å². The maximum Gasteiger partial charge on any atom is 0.268 e. The minimum absolute atomic E-state index is 0.0434. The first-order chi connectivity index (χ1) is 10.9. The Balaban J connectivity index is 2.16. The van der Waals surface area contributed by atoms with Crippen LogP contribution in [-0.4, -0.2) is 28.7 Å². The Morgan fingerprint density at radius 1 is 1.26 bits per heavy atom. The normalized spacial score (nSPS) is 14.1. The lowest BCUT2D eigenvalue weighted by molar-refractivity contribution is 0.313. The van der Waals surface area contributed by atoms with Gasteiger partial charge >= 0.3 is 0 Å². The van der Waals surface area contributed by atoms with E-state index in [2.05, 4.69) is 0 Å². The summed E-state index contributed by atoms with van der Waals surface area (Å²) in [4.78, 5) is 0.0434. The van der Waals surface area contributed by atoms with Crippen LogP contribution in [0.15, 0.2) is 41.3 Å². The number of halogens is 1. The van der Waals surface area contributed by atoms with Gasteiger partial charge in [-0.15, -0.1) is 0 Å². The summed E-state index contributed by atoms with van der Waals surface area (Å²) in [5.41, 5.74) is 1.42. The molecule has 5 nitrogen and oxygen atoms in total. The molecular formula is C16H16ClNO4S. The Morgan fingerprint density at radius 3 is 2.78 bits per heavy atom. The van der Waals surface area contributed by atoms with E-state index in [-0.39, 0.29) is 17.2 Å². The van der Waals surface area contributed by atoms with Gasteiger partial charge in [0.25, 0.3) is 10.0 Å². The van der Waals surface area contributed by atoms with E-state index in [1.165, 1.54) is 17.5 Å². The number of anilines is 1. The average molecular weight is 354 g/mol. The van der Waals surface area contributed by atoms with Crippen LogP contribution in [0, 0.1) is 6.92 Å². The van der Waals surface area contributed by atoms with Gasteiger partial charge in [-0.25, -0.2) is 8.42 Å². The quantitative estimate of drug-likeness (QED) is 0.850. The second kappa shape index (κ2) is 5.94. The Kier molecular flexibility index (Phi) is 4.12. The molecule has 2 aromatic carbocycles. The number of para-hydroxylation sites is 1. The predicted octanol–water partition coefficient (Wildman–Crippen LogP) is 3.24. The van der Waals surface area contributed by atoms with Crippen LogP contribution in [0.4, 0.5) is 5.69 Å². The molecule has 0 unspecified atom stereocenters. The van der Waals surface area contributed by atoms with Gasteiger partial charge in [-0.3, -0.25) is 4.31 Å². The van der Waals surface area contributed by atoms with Crippen LogP contribution in [0.2, 0.25) is 5.02 Å². The number of fused-ring (bicyclic) bond motifs is 1. The number of hydrogen-bond donors (Lipinski definition) is 0. The van der Waals surface area contributed by atoms with Gasteiger partial charge in [0, 0.05) is 5.02 Å². The Labute approximate surface area is 140 Å². The molecule has 0 saturated carbocycles. The number of sulfonamides is 1. The Morgan fingerprint density at radius 2 is 2.04 bits per heavy atom. The van der Waals surface area contributed by atoms with E-state index in [0.29, 0.717) is 23.1 Å². The lowest BCUT2D eigenvalue weighted by atomic mass is 10.2. The molecule has 1 aliphatic heterocycles. The van der Waals surface area contributed by atoms with Gasteiger partial charge < -0.3 is 9.47 Å². The zero-order chi connectivity index (χ0) is 16.6. The van der Waals surface area contributed by atoms with Crippen molar-refractivity contribution >= 4 is 27.3 Å². The van der Waals surface area contributed by atoms with Crippen molar-refractivity contribution in [3.63, 3.8) is 0 Å². The number of aryl methyl sites for hydroxylation is 1. The van der Waals surface area contributed by atoms with Crippen LogP contribution in [-0.2, 0) is 10.0 Å². The number of rotatable bonds is 3. The summed E-state index contributed by atoms with van der Waals surface area (Å²) < 4.78 is 38.4. The van der Waals surface area contributed by atoms with E-state index < -0.39 is 10.0 Å². The molecule has 0 spiro atoms. The van der Waals surface area contributed by atoms with Crippen molar-refractivity contribution in [2.45, 2.75) is 11.8 Å². The fourth-order valence-electron chi connectivity index (χ4n) is 2.59. The van der Waals surface area contributed by atoms with E-state index in [0.717, 1.165) is 5.56 Å². The molecule has 0 saturated heterocycles. The highest BCUT2D eigenvalue weighted by Crippen LogP contribution is 2.39. The molecule has 0 aromatic heterocycles. The predicted molar refractivity (Wildman–Crippen MR) is 89.2 cm³/mol. The van der Waals surface area contributed by atoms with Crippen LogP contribution in [0.25, 0.3) is 0 Å². The van der Waals surface area contributed by atoms with Crippen LogP contribution in [0.3, 0.4) is 0 Å². The maximum absolute atomic E-state index is 13.1. The van der Waals surface area contributed by atoms with Crippen molar-refractivity contribution in [3.05, 3.63) is 47.0 Å². The van der Waals surface area contributed by atoms with Crippen molar-refractivity contribution in [2.24, 2.45) is 0 Å². The molecular weight excluding hydrogens is 338 g/mol. The highest BCUT2D eigenvalue weighted by molar-refractivity contribution is 7.93. The Bertz CT molecular complexity index is 851. The smallest absolute Gasteiger partial charge is 0.268 e. The van der Waals surface area contributed by atoms with Gasteiger partial charge in [-0.05, 0) is 36.8 Å². The van der Waals surface area contributed by atoms with Crippen molar-refractivity contribution in [2.75, 3.05) is 24.6 Å². The van der Waals surface area contributed by atoms with Crippen LogP contribution >= 0.6 is 11.6 Å². The standard InChI is InChI=1S/C16H16ClNO4S/c1-11-4-3-5-13-16(11)22-9-8-18(13)23(19,20)15-10-12(17)6-7-14(15)21-2/h3-7,10H,8-9H2,1-2H3. The monoisotopic (exact) mass is 353 g/mol.